The Kier molecular flexibility index (Phi) is 4.20. The zero-order valence-corrected chi connectivity index (χ0v) is 11.0. The molecule has 0 unspecified atom stereocenters. The summed E-state index contributed by atoms with van der Waals surface area (Å²) < 4.78 is 0. The van der Waals surface area contributed by atoms with Crippen molar-refractivity contribution >= 4 is 5.91 Å². The minimum Gasteiger partial charge on any atom is -0.341 e. The fourth-order valence-corrected chi connectivity index (χ4v) is 2.41. The van der Waals surface area contributed by atoms with Crippen LogP contribution in [0.1, 0.15) is 25.7 Å². The van der Waals surface area contributed by atoms with E-state index in [-0.39, 0.29) is 11.3 Å². The van der Waals surface area contributed by atoms with Gasteiger partial charge in [-0.25, -0.2) is 0 Å². The van der Waals surface area contributed by atoms with E-state index in [0.29, 0.717) is 12.6 Å². The lowest BCUT2D eigenvalue weighted by molar-refractivity contribution is -0.131. The second-order valence-electron chi connectivity index (χ2n) is 5.46. The average molecular weight is 250 g/mol. The van der Waals surface area contributed by atoms with Crippen molar-refractivity contribution in [3.63, 3.8) is 0 Å². The highest BCUT2D eigenvalue weighted by Gasteiger charge is 2.43. The number of nitriles is 1. The normalized spacial score (nSPS) is 22.6. The standard InChI is InChI=1S/C13H22N4O/c1-15-8-12(18)17-6-2-11(3-7-17)16-10-13(9-14)4-5-13/h11,15-16H,2-8,10H2,1H3. The quantitative estimate of drug-likeness (QED) is 0.725. The Balaban J connectivity index is 1.67. The van der Waals surface area contributed by atoms with E-state index in [9.17, 15) is 4.79 Å². The molecule has 0 spiro atoms. The first-order valence-electron chi connectivity index (χ1n) is 6.76. The topological polar surface area (TPSA) is 68.2 Å². The Morgan fingerprint density at radius 2 is 2.11 bits per heavy atom. The van der Waals surface area contributed by atoms with Crippen molar-refractivity contribution in [1.29, 1.82) is 5.26 Å². The number of likely N-dealkylation sites (N-methyl/N-ethyl adjacent to an activating group) is 1. The smallest absolute Gasteiger partial charge is 0.236 e. The van der Waals surface area contributed by atoms with Crippen molar-refractivity contribution in [2.45, 2.75) is 31.7 Å². The summed E-state index contributed by atoms with van der Waals surface area (Å²) in [5.74, 6) is 0.187. The number of carbonyl (C=O) groups excluding carboxylic acids is 1. The lowest BCUT2D eigenvalue weighted by Gasteiger charge is -2.33. The number of amides is 1. The van der Waals surface area contributed by atoms with Crippen LogP contribution in [0.25, 0.3) is 0 Å². The molecule has 2 N–H and O–H groups in total. The lowest BCUT2D eigenvalue weighted by Crippen LogP contribution is -2.47. The number of rotatable bonds is 5. The molecular weight excluding hydrogens is 228 g/mol. The van der Waals surface area contributed by atoms with Crippen molar-refractivity contribution in [1.82, 2.24) is 15.5 Å². The Hall–Kier alpha value is -1.12. The minimum atomic E-state index is -0.0704. The van der Waals surface area contributed by atoms with Crippen LogP contribution in [0, 0.1) is 16.7 Å². The van der Waals surface area contributed by atoms with Gasteiger partial charge >= 0.3 is 0 Å². The van der Waals surface area contributed by atoms with E-state index in [4.69, 9.17) is 5.26 Å². The second-order valence-corrected chi connectivity index (χ2v) is 5.46. The van der Waals surface area contributed by atoms with Gasteiger partial charge in [0.05, 0.1) is 18.0 Å². The van der Waals surface area contributed by atoms with Crippen LogP contribution in [0.4, 0.5) is 0 Å². The molecule has 0 atom stereocenters. The third kappa shape index (κ3) is 3.21. The van der Waals surface area contributed by atoms with Crippen LogP contribution in [-0.4, -0.2) is 50.1 Å². The zero-order chi connectivity index (χ0) is 13.0. The fraction of sp³-hybridized carbons (Fsp3) is 0.846. The van der Waals surface area contributed by atoms with Gasteiger partial charge in [-0.2, -0.15) is 5.26 Å². The Labute approximate surface area is 109 Å². The van der Waals surface area contributed by atoms with Crippen LogP contribution in [0.5, 0.6) is 0 Å². The van der Waals surface area contributed by atoms with Crippen LogP contribution in [0.3, 0.4) is 0 Å². The summed E-state index contributed by atoms with van der Waals surface area (Å²) in [6.45, 7) is 2.91. The molecule has 2 aliphatic rings. The molecule has 5 heteroatoms. The SMILES string of the molecule is CNCC(=O)N1CCC(NCC2(C#N)CC2)CC1. The van der Waals surface area contributed by atoms with Crippen LogP contribution >= 0.6 is 0 Å². The van der Waals surface area contributed by atoms with Gasteiger partial charge in [0.1, 0.15) is 0 Å². The summed E-state index contributed by atoms with van der Waals surface area (Å²) in [6, 6.07) is 2.87. The molecule has 0 aromatic carbocycles. The molecule has 1 amide bonds. The molecule has 5 nitrogen and oxygen atoms in total. The van der Waals surface area contributed by atoms with E-state index in [1.54, 1.807) is 7.05 Å². The van der Waals surface area contributed by atoms with Crippen molar-refractivity contribution in [2.24, 2.45) is 5.41 Å². The van der Waals surface area contributed by atoms with Gasteiger partial charge in [0.25, 0.3) is 0 Å². The van der Waals surface area contributed by atoms with Gasteiger partial charge in [-0.1, -0.05) is 0 Å². The number of nitrogens with one attached hydrogen (secondary N) is 2. The maximum absolute atomic E-state index is 11.7. The van der Waals surface area contributed by atoms with E-state index in [0.717, 1.165) is 45.3 Å². The highest BCUT2D eigenvalue weighted by molar-refractivity contribution is 5.78. The Bertz CT molecular complexity index is 337. The molecule has 2 rings (SSSR count). The summed E-state index contributed by atoms with van der Waals surface area (Å²) in [5.41, 5.74) is -0.0704. The van der Waals surface area contributed by atoms with E-state index in [1.807, 2.05) is 4.90 Å². The van der Waals surface area contributed by atoms with Gasteiger partial charge in [0.15, 0.2) is 0 Å². The van der Waals surface area contributed by atoms with E-state index in [1.165, 1.54) is 0 Å². The highest BCUT2D eigenvalue weighted by atomic mass is 16.2. The molecule has 1 aliphatic carbocycles. The van der Waals surface area contributed by atoms with Gasteiger partial charge in [0, 0.05) is 25.7 Å². The predicted molar refractivity (Wildman–Crippen MR) is 68.8 cm³/mol. The molecule has 100 valence electrons. The number of hydrogen-bond donors (Lipinski definition) is 2. The molecule has 18 heavy (non-hydrogen) atoms. The summed E-state index contributed by atoms with van der Waals surface area (Å²) in [7, 11) is 1.79. The van der Waals surface area contributed by atoms with Gasteiger partial charge < -0.3 is 15.5 Å². The summed E-state index contributed by atoms with van der Waals surface area (Å²) in [5, 5.41) is 15.4. The van der Waals surface area contributed by atoms with Crippen LogP contribution in [0.15, 0.2) is 0 Å². The first-order chi connectivity index (χ1) is 8.69. The first-order valence-corrected chi connectivity index (χ1v) is 6.76. The first kappa shape index (κ1) is 13.3. The van der Waals surface area contributed by atoms with E-state index >= 15 is 0 Å². The Morgan fingerprint density at radius 1 is 1.44 bits per heavy atom. The summed E-state index contributed by atoms with van der Waals surface area (Å²) in [6.07, 6.45) is 4.07. The number of likely N-dealkylation sites (tertiary alicyclic amines) is 1. The molecule has 1 saturated carbocycles. The van der Waals surface area contributed by atoms with Gasteiger partial charge in [-0.3, -0.25) is 4.79 Å². The van der Waals surface area contributed by atoms with Crippen molar-refractivity contribution in [3.05, 3.63) is 0 Å². The van der Waals surface area contributed by atoms with Gasteiger partial charge in [0.2, 0.25) is 5.91 Å². The monoisotopic (exact) mass is 250 g/mol. The maximum Gasteiger partial charge on any atom is 0.236 e. The fourth-order valence-electron chi connectivity index (χ4n) is 2.41. The lowest BCUT2D eigenvalue weighted by atomic mass is 10.0. The molecule has 1 aliphatic heterocycles. The van der Waals surface area contributed by atoms with E-state index < -0.39 is 0 Å². The third-order valence-corrected chi connectivity index (χ3v) is 4.00. The second kappa shape index (κ2) is 5.68. The van der Waals surface area contributed by atoms with Crippen molar-refractivity contribution < 1.29 is 4.79 Å². The Morgan fingerprint density at radius 3 is 2.61 bits per heavy atom. The zero-order valence-electron chi connectivity index (χ0n) is 11.0. The minimum absolute atomic E-state index is 0.0704. The number of hydrogen-bond acceptors (Lipinski definition) is 4. The number of nitrogens with zero attached hydrogens (tertiary/aromatic N) is 2. The highest BCUT2D eigenvalue weighted by Crippen LogP contribution is 2.44. The molecule has 0 aromatic heterocycles. The van der Waals surface area contributed by atoms with Crippen molar-refractivity contribution in [3.8, 4) is 6.07 Å². The molecule has 2 fully saturated rings. The van der Waals surface area contributed by atoms with Gasteiger partial charge in [-0.05, 0) is 32.7 Å². The van der Waals surface area contributed by atoms with Crippen LogP contribution in [0.2, 0.25) is 0 Å². The molecule has 1 heterocycles. The van der Waals surface area contributed by atoms with E-state index in [2.05, 4.69) is 16.7 Å². The average Bonchev–Trinajstić information content (AvgIpc) is 3.18. The number of carbonyl (C=O) groups is 1. The summed E-state index contributed by atoms with van der Waals surface area (Å²) in [4.78, 5) is 13.6. The van der Waals surface area contributed by atoms with Crippen molar-refractivity contribution in [2.75, 3.05) is 33.2 Å². The summed E-state index contributed by atoms with van der Waals surface area (Å²) >= 11 is 0. The van der Waals surface area contributed by atoms with Crippen LogP contribution < -0.4 is 10.6 Å². The molecule has 0 bridgehead atoms. The largest absolute Gasteiger partial charge is 0.341 e. The molecule has 1 saturated heterocycles. The number of piperidine rings is 1. The molecule has 0 aromatic rings. The maximum atomic E-state index is 11.7. The van der Waals surface area contributed by atoms with Gasteiger partial charge in [-0.15, -0.1) is 0 Å². The third-order valence-electron chi connectivity index (χ3n) is 4.00. The molecular formula is C13H22N4O. The predicted octanol–water partition coefficient (Wildman–Crippen LogP) is 0.0902. The molecule has 0 radical (unpaired) electrons. The van der Waals surface area contributed by atoms with Crippen LogP contribution in [-0.2, 0) is 4.79 Å².